The fourth-order valence-corrected chi connectivity index (χ4v) is 2.14. The number of ether oxygens (including phenoxy) is 2. The molecule has 2 aromatic carbocycles. The van der Waals surface area contributed by atoms with Crippen molar-refractivity contribution in [2.45, 2.75) is 6.92 Å². The van der Waals surface area contributed by atoms with E-state index in [1.807, 2.05) is 6.92 Å². The number of anilines is 1. The lowest BCUT2D eigenvalue weighted by Crippen LogP contribution is -2.21. The normalized spacial score (nSPS) is 10.1. The zero-order valence-electron chi connectivity index (χ0n) is 12.9. The van der Waals surface area contributed by atoms with Crippen molar-refractivity contribution >= 4 is 29.2 Å². The third kappa shape index (κ3) is 4.63. The zero-order chi connectivity index (χ0) is 17.5. The molecule has 0 saturated carbocycles. The molecule has 0 aliphatic rings. The molecular weight excluding hydrogens is 334 g/mol. The van der Waals surface area contributed by atoms with Crippen LogP contribution in [-0.2, 0) is 4.79 Å². The Bertz CT molecular complexity index is 748. The number of hydrogen-bond acceptors (Lipinski definition) is 4. The number of rotatable bonds is 7. The van der Waals surface area contributed by atoms with Crippen molar-refractivity contribution in [1.82, 2.24) is 0 Å². The highest BCUT2D eigenvalue weighted by atomic mass is 35.5. The van der Waals surface area contributed by atoms with E-state index >= 15 is 0 Å². The van der Waals surface area contributed by atoms with Crippen LogP contribution in [0.3, 0.4) is 0 Å². The Hall–Kier alpha value is -2.73. The van der Waals surface area contributed by atoms with Gasteiger partial charge >= 0.3 is 5.97 Å². The number of carboxylic acid groups (broad SMARTS) is 1. The molecule has 126 valence electrons. The quantitative estimate of drug-likeness (QED) is 0.799. The maximum atomic E-state index is 12.0. The van der Waals surface area contributed by atoms with Gasteiger partial charge in [-0.2, -0.15) is 0 Å². The summed E-state index contributed by atoms with van der Waals surface area (Å²) in [5.41, 5.74) is 0.444. The first-order chi connectivity index (χ1) is 11.5. The average Bonchev–Trinajstić information content (AvgIpc) is 2.55. The first-order valence-electron chi connectivity index (χ1n) is 7.18. The third-order valence-corrected chi connectivity index (χ3v) is 3.23. The van der Waals surface area contributed by atoms with Crippen LogP contribution in [0.1, 0.15) is 17.3 Å². The van der Waals surface area contributed by atoms with E-state index in [9.17, 15) is 9.59 Å². The van der Waals surface area contributed by atoms with Gasteiger partial charge in [0.05, 0.1) is 12.3 Å². The van der Waals surface area contributed by atoms with E-state index in [2.05, 4.69) is 5.32 Å². The van der Waals surface area contributed by atoms with Gasteiger partial charge in [0, 0.05) is 5.02 Å². The molecule has 1 amide bonds. The predicted octanol–water partition coefficient (Wildman–Crippen LogP) is 3.45. The highest BCUT2D eigenvalue weighted by Crippen LogP contribution is 2.25. The second-order valence-corrected chi connectivity index (χ2v) is 5.15. The summed E-state index contributed by atoms with van der Waals surface area (Å²) in [4.78, 5) is 23.2. The van der Waals surface area contributed by atoms with Gasteiger partial charge in [0.25, 0.3) is 5.91 Å². The molecule has 7 heteroatoms. The van der Waals surface area contributed by atoms with Crippen LogP contribution in [0.15, 0.2) is 42.5 Å². The lowest BCUT2D eigenvalue weighted by molar-refractivity contribution is -0.118. The molecule has 0 heterocycles. The molecule has 0 saturated heterocycles. The smallest absolute Gasteiger partial charge is 0.339 e. The minimum Gasteiger partial charge on any atom is -0.492 e. The van der Waals surface area contributed by atoms with Crippen LogP contribution in [0.4, 0.5) is 5.69 Å². The van der Waals surface area contributed by atoms with Crippen LogP contribution in [0.25, 0.3) is 0 Å². The molecule has 2 N–H and O–H groups in total. The summed E-state index contributed by atoms with van der Waals surface area (Å²) in [6.45, 7) is 1.95. The molecule has 24 heavy (non-hydrogen) atoms. The number of aromatic carboxylic acids is 1. The highest BCUT2D eigenvalue weighted by molar-refractivity contribution is 6.30. The number of amides is 1. The van der Waals surface area contributed by atoms with Gasteiger partial charge < -0.3 is 19.9 Å². The number of carbonyl (C=O) groups is 2. The van der Waals surface area contributed by atoms with E-state index in [0.29, 0.717) is 23.1 Å². The summed E-state index contributed by atoms with van der Waals surface area (Å²) < 4.78 is 10.7. The maximum Gasteiger partial charge on any atom is 0.339 e. The second-order valence-electron chi connectivity index (χ2n) is 4.71. The monoisotopic (exact) mass is 349 g/mol. The van der Waals surface area contributed by atoms with Crippen molar-refractivity contribution in [1.29, 1.82) is 0 Å². The Kier molecular flexibility index (Phi) is 6.03. The van der Waals surface area contributed by atoms with E-state index < -0.39 is 11.9 Å². The van der Waals surface area contributed by atoms with E-state index in [1.54, 1.807) is 24.3 Å². The van der Waals surface area contributed by atoms with Crippen LogP contribution < -0.4 is 14.8 Å². The van der Waals surface area contributed by atoms with Gasteiger partial charge in [0.2, 0.25) is 0 Å². The third-order valence-electron chi connectivity index (χ3n) is 2.99. The second kappa shape index (κ2) is 8.21. The SMILES string of the molecule is CCOc1ccccc1NC(=O)COc1cc(Cl)ccc1C(=O)O. The lowest BCUT2D eigenvalue weighted by atomic mass is 10.2. The summed E-state index contributed by atoms with van der Waals surface area (Å²) in [7, 11) is 0. The Balaban J connectivity index is 2.04. The standard InChI is InChI=1S/C17H16ClNO5/c1-2-23-14-6-4-3-5-13(14)19-16(20)10-24-15-9-11(18)7-8-12(15)17(21)22/h3-9H,2,10H2,1H3,(H,19,20)(H,21,22). The molecule has 6 nitrogen and oxygen atoms in total. The highest BCUT2D eigenvalue weighted by Gasteiger charge is 2.14. The van der Waals surface area contributed by atoms with Crippen molar-refractivity contribution in [3.63, 3.8) is 0 Å². The number of carboxylic acids is 1. The lowest BCUT2D eigenvalue weighted by Gasteiger charge is -2.12. The molecule has 0 unspecified atom stereocenters. The van der Waals surface area contributed by atoms with Gasteiger partial charge in [-0.3, -0.25) is 4.79 Å². The topological polar surface area (TPSA) is 84.9 Å². The van der Waals surface area contributed by atoms with Crippen LogP contribution >= 0.6 is 11.6 Å². The largest absolute Gasteiger partial charge is 0.492 e. The number of nitrogens with one attached hydrogen (secondary N) is 1. The van der Waals surface area contributed by atoms with E-state index in [1.165, 1.54) is 18.2 Å². The van der Waals surface area contributed by atoms with Crippen LogP contribution in [0, 0.1) is 0 Å². The molecule has 0 aliphatic heterocycles. The molecular formula is C17H16ClNO5. The number of carbonyl (C=O) groups excluding carboxylic acids is 1. The predicted molar refractivity (Wildman–Crippen MR) is 90.1 cm³/mol. The summed E-state index contributed by atoms with van der Waals surface area (Å²) in [6, 6.07) is 11.1. The fourth-order valence-electron chi connectivity index (χ4n) is 1.97. The van der Waals surface area contributed by atoms with E-state index in [4.69, 9.17) is 26.2 Å². The Morgan fingerprint density at radius 2 is 1.88 bits per heavy atom. The molecule has 0 radical (unpaired) electrons. The van der Waals surface area contributed by atoms with E-state index in [-0.39, 0.29) is 17.9 Å². The zero-order valence-corrected chi connectivity index (χ0v) is 13.7. The van der Waals surface area contributed by atoms with Crippen molar-refractivity contribution in [2.24, 2.45) is 0 Å². The first-order valence-corrected chi connectivity index (χ1v) is 7.56. The molecule has 2 aromatic rings. The molecule has 0 bridgehead atoms. The minimum absolute atomic E-state index is 0.0308. The minimum atomic E-state index is -1.16. The molecule has 0 aliphatic carbocycles. The van der Waals surface area contributed by atoms with Gasteiger partial charge in [-0.05, 0) is 37.3 Å². The molecule has 0 atom stereocenters. The van der Waals surface area contributed by atoms with Gasteiger partial charge in [-0.25, -0.2) is 4.79 Å². The van der Waals surface area contributed by atoms with Gasteiger partial charge in [0.1, 0.15) is 17.1 Å². The molecule has 0 aromatic heterocycles. The summed E-state index contributed by atoms with van der Waals surface area (Å²) in [5.74, 6) is -1.03. The number of para-hydroxylation sites is 2. The first kappa shape index (κ1) is 17.6. The van der Waals surface area contributed by atoms with Crippen LogP contribution in [0.2, 0.25) is 5.02 Å². The van der Waals surface area contributed by atoms with Crippen LogP contribution in [0.5, 0.6) is 11.5 Å². The summed E-state index contributed by atoms with van der Waals surface area (Å²) in [6.07, 6.45) is 0. The summed E-state index contributed by atoms with van der Waals surface area (Å²) >= 11 is 5.83. The molecule has 0 fully saturated rings. The van der Waals surface area contributed by atoms with Crippen molar-refractivity contribution in [2.75, 3.05) is 18.5 Å². The molecule has 2 rings (SSSR count). The van der Waals surface area contributed by atoms with Crippen molar-refractivity contribution in [3.05, 3.63) is 53.1 Å². The fraction of sp³-hybridized carbons (Fsp3) is 0.176. The Morgan fingerprint density at radius 1 is 1.12 bits per heavy atom. The van der Waals surface area contributed by atoms with Crippen LogP contribution in [-0.4, -0.2) is 30.2 Å². The molecule has 0 spiro atoms. The summed E-state index contributed by atoms with van der Waals surface area (Å²) in [5, 5.41) is 12.1. The number of halogens is 1. The Labute approximate surface area is 144 Å². The van der Waals surface area contributed by atoms with Gasteiger partial charge in [-0.15, -0.1) is 0 Å². The number of hydrogen-bond donors (Lipinski definition) is 2. The van der Waals surface area contributed by atoms with Crippen molar-refractivity contribution < 1.29 is 24.2 Å². The average molecular weight is 350 g/mol. The van der Waals surface area contributed by atoms with Gasteiger partial charge in [-0.1, -0.05) is 23.7 Å². The van der Waals surface area contributed by atoms with E-state index in [0.717, 1.165) is 0 Å². The van der Waals surface area contributed by atoms with Gasteiger partial charge in [0.15, 0.2) is 6.61 Å². The van der Waals surface area contributed by atoms with Crippen molar-refractivity contribution in [3.8, 4) is 11.5 Å². The maximum absolute atomic E-state index is 12.0. The number of benzene rings is 2. The Morgan fingerprint density at radius 3 is 2.58 bits per heavy atom.